The van der Waals surface area contributed by atoms with Gasteiger partial charge in [0, 0.05) is 42.5 Å². The number of amides is 3. The van der Waals surface area contributed by atoms with E-state index in [0.29, 0.717) is 17.6 Å². The molecule has 37 heavy (non-hydrogen) atoms. The maximum Gasteiger partial charge on any atom is 0.246 e. The second-order valence-electron chi connectivity index (χ2n) is 11.6. The topological polar surface area (TPSA) is 148 Å². The zero-order chi connectivity index (χ0) is 27.1. The van der Waals surface area contributed by atoms with Gasteiger partial charge in [0.2, 0.25) is 17.7 Å². The van der Waals surface area contributed by atoms with Gasteiger partial charge in [-0.05, 0) is 34.8 Å². The molecule has 1 saturated carbocycles. The summed E-state index contributed by atoms with van der Waals surface area (Å²) in [6.07, 6.45) is 4.68. The molecule has 2 aromatic rings. The van der Waals surface area contributed by atoms with Crippen LogP contribution in [-0.4, -0.2) is 62.9 Å². The quantitative estimate of drug-likeness (QED) is 0.518. The second kappa shape index (κ2) is 9.71. The fourth-order valence-corrected chi connectivity index (χ4v) is 5.60. The lowest BCUT2D eigenvalue weighted by atomic mass is 9.85. The summed E-state index contributed by atoms with van der Waals surface area (Å²) in [5.41, 5.74) is 0.315. The molecule has 0 aromatic carbocycles. The van der Waals surface area contributed by atoms with Crippen LogP contribution in [-0.2, 0) is 14.4 Å². The first kappa shape index (κ1) is 26.5. The Labute approximate surface area is 216 Å². The van der Waals surface area contributed by atoms with E-state index in [1.54, 1.807) is 23.4 Å². The third-order valence-corrected chi connectivity index (χ3v) is 7.78. The molecular formula is C27H34N6O4. The van der Waals surface area contributed by atoms with Crippen molar-refractivity contribution in [1.29, 1.82) is 5.26 Å². The van der Waals surface area contributed by atoms with Gasteiger partial charge in [0.15, 0.2) is 0 Å². The van der Waals surface area contributed by atoms with Crippen molar-refractivity contribution in [3.63, 3.8) is 0 Å². The maximum absolute atomic E-state index is 13.8. The standard InChI is InChI=1S/C27H34N6O4/c1-26(2,3)23(32-19(35)8-10-34)25(37)33-14-17-20(27(17,4)5)22(33)24(36)31-18(11-28)16-13-29-12-15-7-6-9-30-21(15)16/h6-7,9,12-13,17-18,20,22-23,34H,8,10,14H2,1-5H3,(H,31,36)(H,32,35)/t17-,18?,20-,22-,23?/m0/s1. The van der Waals surface area contributed by atoms with E-state index in [1.807, 2.05) is 26.8 Å². The van der Waals surface area contributed by atoms with Crippen molar-refractivity contribution < 1.29 is 19.5 Å². The maximum atomic E-state index is 13.8. The smallest absolute Gasteiger partial charge is 0.246 e. The number of rotatable bonds is 7. The summed E-state index contributed by atoms with van der Waals surface area (Å²) in [4.78, 5) is 50.0. The number of aromatic nitrogens is 2. The SMILES string of the molecule is CC(C)(C)C(NC(=O)CCO)C(=O)N1C[C@H]2[C@@H]([C@H]1C(=O)NC(C#N)c1cncc3cccnc13)C2(C)C. The van der Waals surface area contributed by atoms with Gasteiger partial charge in [0.05, 0.1) is 18.2 Å². The molecule has 3 amide bonds. The molecule has 3 N–H and O–H groups in total. The Balaban J connectivity index is 1.62. The zero-order valence-corrected chi connectivity index (χ0v) is 21.9. The first-order valence-corrected chi connectivity index (χ1v) is 12.5. The summed E-state index contributed by atoms with van der Waals surface area (Å²) in [6, 6.07) is 3.10. The summed E-state index contributed by atoms with van der Waals surface area (Å²) in [6.45, 7) is 9.76. The first-order valence-electron chi connectivity index (χ1n) is 12.5. The van der Waals surface area contributed by atoms with Crippen LogP contribution in [0.3, 0.4) is 0 Å². The van der Waals surface area contributed by atoms with Crippen LogP contribution in [0, 0.1) is 34.0 Å². The number of hydrogen-bond donors (Lipinski definition) is 3. The molecule has 0 radical (unpaired) electrons. The van der Waals surface area contributed by atoms with Gasteiger partial charge < -0.3 is 20.6 Å². The normalized spacial score (nSPS) is 23.5. The van der Waals surface area contributed by atoms with E-state index < -0.39 is 35.4 Å². The van der Waals surface area contributed by atoms with Crippen molar-refractivity contribution in [1.82, 2.24) is 25.5 Å². The number of carbonyl (C=O) groups is 3. The minimum absolute atomic E-state index is 0.0617. The minimum Gasteiger partial charge on any atom is -0.396 e. The van der Waals surface area contributed by atoms with Crippen LogP contribution in [0.1, 0.15) is 52.6 Å². The number of aliphatic hydroxyl groups is 1. The molecule has 4 rings (SSSR count). The Morgan fingerprint density at radius 3 is 2.65 bits per heavy atom. The predicted molar refractivity (Wildman–Crippen MR) is 135 cm³/mol. The molecule has 2 unspecified atom stereocenters. The number of piperidine rings is 1. The van der Waals surface area contributed by atoms with E-state index in [9.17, 15) is 19.6 Å². The number of carbonyl (C=O) groups excluding carboxylic acids is 3. The van der Waals surface area contributed by atoms with Crippen molar-refractivity contribution in [3.05, 3.63) is 36.3 Å². The molecule has 1 saturated heterocycles. The van der Waals surface area contributed by atoms with Gasteiger partial charge in [-0.3, -0.25) is 24.4 Å². The molecule has 5 atom stereocenters. The Kier molecular flexibility index (Phi) is 6.95. The fourth-order valence-electron chi connectivity index (χ4n) is 5.60. The Morgan fingerprint density at radius 2 is 2.00 bits per heavy atom. The molecular weight excluding hydrogens is 472 g/mol. The molecule has 0 bridgehead atoms. The van der Waals surface area contributed by atoms with Crippen molar-refractivity contribution >= 4 is 28.6 Å². The van der Waals surface area contributed by atoms with Crippen molar-refractivity contribution in [3.8, 4) is 6.07 Å². The van der Waals surface area contributed by atoms with E-state index in [0.717, 1.165) is 5.39 Å². The molecule has 2 aromatic heterocycles. The van der Waals surface area contributed by atoms with Crippen LogP contribution in [0.25, 0.3) is 10.9 Å². The third kappa shape index (κ3) is 4.88. The largest absolute Gasteiger partial charge is 0.396 e. The van der Waals surface area contributed by atoms with E-state index in [1.165, 1.54) is 6.20 Å². The van der Waals surface area contributed by atoms with E-state index in [4.69, 9.17) is 5.11 Å². The predicted octanol–water partition coefficient (Wildman–Crippen LogP) is 1.71. The van der Waals surface area contributed by atoms with Gasteiger partial charge in [-0.1, -0.05) is 34.6 Å². The van der Waals surface area contributed by atoms with Crippen LogP contribution in [0.15, 0.2) is 30.7 Å². The summed E-state index contributed by atoms with van der Waals surface area (Å²) in [5.74, 6) is -1.11. The highest BCUT2D eigenvalue weighted by molar-refractivity contribution is 5.94. The molecule has 2 fully saturated rings. The summed E-state index contributed by atoms with van der Waals surface area (Å²) < 4.78 is 0. The van der Waals surface area contributed by atoms with Crippen LogP contribution in [0.2, 0.25) is 0 Å². The number of pyridine rings is 2. The number of nitrogens with one attached hydrogen (secondary N) is 2. The fraction of sp³-hybridized carbons (Fsp3) is 0.556. The highest BCUT2D eigenvalue weighted by Crippen LogP contribution is 2.65. The van der Waals surface area contributed by atoms with Gasteiger partial charge in [-0.15, -0.1) is 0 Å². The molecule has 10 nitrogen and oxygen atoms in total. The van der Waals surface area contributed by atoms with Gasteiger partial charge >= 0.3 is 0 Å². The molecule has 10 heteroatoms. The Morgan fingerprint density at radius 1 is 1.27 bits per heavy atom. The highest BCUT2D eigenvalue weighted by atomic mass is 16.3. The first-order chi connectivity index (χ1) is 17.4. The van der Waals surface area contributed by atoms with E-state index >= 15 is 0 Å². The van der Waals surface area contributed by atoms with Crippen molar-refractivity contribution in [2.75, 3.05) is 13.2 Å². The van der Waals surface area contributed by atoms with Crippen LogP contribution < -0.4 is 10.6 Å². The molecule has 1 aliphatic carbocycles. The Hall–Kier alpha value is -3.58. The number of likely N-dealkylation sites (tertiary alicyclic amines) is 1. The van der Waals surface area contributed by atoms with Gasteiger partial charge in [0.25, 0.3) is 0 Å². The van der Waals surface area contributed by atoms with Crippen LogP contribution in [0.4, 0.5) is 0 Å². The number of nitriles is 1. The third-order valence-electron chi connectivity index (χ3n) is 7.78. The van der Waals surface area contributed by atoms with Crippen LogP contribution >= 0.6 is 0 Å². The number of nitrogens with zero attached hydrogens (tertiary/aromatic N) is 4. The highest BCUT2D eigenvalue weighted by Gasteiger charge is 2.69. The van der Waals surface area contributed by atoms with Crippen molar-refractivity contribution in [2.45, 2.75) is 59.2 Å². The zero-order valence-electron chi connectivity index (χ0n) is 21.9. The lowest BCUT2D eigenvalue weighted by molar-refractivity contribution is -0.145. The molecule has 196 valence electrons. The molecule has 2 aliphatic rings. The average Bonchev–Trinajstić information content (AvgIpc) is 3.17. The van der Waals surface area contributed by atoms with E-state index in [-0.39, 0.29) is 36.2 Å². The van der Waals surface area contributed by atoms with Gasteiger partial charge in [-0.25, -0.2) is 0 Å². The second-order valence-corrected chi connectivity index (χ2v) is 11.6. The molecule has 3 heterocycles. The summed E-state index contributed by atoms with van der Waals surface area (Å²) in [5, 5.41) is 25.4. The lowest BCUT2D eigenvalue weighted by Gasteiger charge is -2.37. The summed E-state index contributed by atoms with van der Waals surface area (Å²) >= 11 is 0. The Bertz CT molecular complexity index is 1260. The number of hydrogen-bond acceptors (Lipinski definition) is 7. The minimum atomic E-state index is -1.00. The summed E-state index contributed by atoms with van der Waals surface area (Å²) in [7, 11) is 0. The molecule has 1 aliphatic heterocycles. The number of aliphatic hydroxyl groups excluding tert-OH is 1. The lowest BCUT2D eigenvalue weighted by Crippen LogP contribution is -2.59. The van der Waals surface area contributed by atoms with E-state index in [2.05, 4.69) is 40.5 Å². The van der Waals surface area contributed by atoms with Crippen molar-refractivity contribution in [2.24, 2.45) is 22.7 Å². The van der Waals surface area contributed by atoms with Crippen LogP contribution in [0.5, 0.6) is 0 Å². The molecule has 0 spiro atoms. The number of fused-ring (bicyclic) bond motifs is 2. The average molecular weight is 507 g/mol. The van der Waals surface area contributed by atoms with Gasteiger partial charge in [-0.2, -0.15) is 5.26 Å². The monoisotopic (exact) mass is 506 g/mol. The van der Waals surface area contributed by atoms with Gasteiger partial charge in [0.1, 0.15) is 18.1 Å².